The van der Waals surface area contributed by atoms with Gasteiger partial charge in [0, 0.05) is 19.3 Å². The lowest BCUT2D eigenvalue weighted by atomic mass is 10.1. The van der Waals surface area contributed by atoms with Crippen molar-refractivity contribution in [1.82, 2.24) is 9.55 Å². The van der Waals surface area contributed by atoms with Crippen LogP contribution >= 0.6 is 0 Å². The van der Waals surface area contributed by atoms with E-state index in [-0.39, 0.29) is 5.56 Å². The SMILES string of the molecule is Cn1c(CN2CCC=Cc3ccccc32)nc2ccccc2c1=O. The Morgan fingerprint density at radius 2 is 1.88 bits per heavy atom. The minimum absolute atomic E-state index is 0.0110. The molecular weight excluding hydrogens is 298 g/mol. The Bertz CT molecular complexity index is 988. The van der Waals surface area contributed by atoms with Crippen molar-refractivity contribution in [3.05, 3.63) is 76.3 Å². The molecule has 0 saturated carbocycles. The van der Waals surface area contributed by atoms with E-state index in [1.54, 1.807) is 11.6 Å². The van der Waals surface area contributed by atoms with E-state index < -0.39 is 0 Å². The highest BCUT2D eigenvalue weighted by Crippen LogP contribution is 2.26. The average molecular weight is 317 g/mol. The first-order chi connectivity index (χ1) is 11.7. The molecular formula is C20H19N3O. The van der Waals surface area contributed by atoms with Gasteiger partial charge < -0.3 is 4.90 Å². The van der Waals surface area contributed by atoms with Crippen LogP contribution in [0.15, 0.2) is 59.4 Å². The first-order valence-electron chi connectivity index (χ1n) is 8.19. The third kappa shape index (κ3) is 2.50. The summed E-state index contributed by atoms with van der Waals surface area (Å²) in [5.74, 6) is 0.787. The molecule has 1 aliphatic heterocycles. The zero-order chi connectivity index (χ0) is 16.5. The molecule has 0 amide bonds. The Hall–Kier alpha value is -2.88. The summed E-state index contributed by atoms with van der Waals surface area (Å²) in [7, 11) is 1.80. The van der Waals surface area contributed by atoms with Gasteiger partial charge in [-0.2, -0.15) is 0 Å². The third-order valence-corrected chi connectivity index (χ3v) is 4.55. The lowest BCUT2D eigenvalue weighted by molar-refractivity contribution is 0.689. The van der Waals surface area contributed by atoms with Gasteiger partial charge in [-0.3, -0.25) is 9.36 Å². The lowest BCUT2D eigenvalue weighted by Crippen LogP contribution is -2.30. The fourth-order valence-corrected chi connectivity index (χ4v) is 3.22. The highest BCUT2D eigenvalue weighted by Gasteiger charge is 2.15. The van der Waals surface area contributed by atoms with Gasteiger partial charge in [0.15, 0.2) is 0 Å². The summed E-state index contributed by atoms with van der Waals surface area (Å²) in [4.78, 5) is 19.6. The fourth-order valence-electron chi connectivity index (χ4n) is 3.22. The van der Waals surface area contributed by atoms with Crippen LogP contribution in [0.25, 0.3) is 17.0 Å². The second-order valence-electron chi connectivity index (χ2n) is 6.08. The van der Waals surface area contributed by atoms with Crippen LogP contribution in [0.2, 0.25) is 0 Å². The number of para-hydroxylation sites is 2. The number of hydrogen-bond donors (Lipinski definition) is 0. The predicted molar refractivity (Wildman–Crippen MR) is 98.1 cm³/mol. The first kappa shape index (κ1) is 14.7. The molecule has 0 spiro atoms. The second-order valence-corrected chi connectivity index (χ2v) is 6.08. The van der Waals surface area contributed by atoms with Gasteiger partial charge in [0.2, 0.25) is 0 Å². The number of fused-ring (bicyclic) bond motifs is 2. The van der Waals surface area contributed by atoms with Gasteiger partial charge in [-0.05, 0) is 30.2 Å². The molecule has 0 bridgehead atoms. The Morgan fingerprint density at radius 3 is 2.79 bits per heavy atom. The standard InChI is InChI=1S/C20H19N3O/c1-22-19(21-17-11-4-3-10-16(17)20(22)24)14-23-13-7-6-9-15-8-2-5-12-18(15)23/h2-6,8-12H,7,13-14H2,1H3. The Morgan fingerprint density at radius 1 is 1.08 bits per heavy atom. The molecule has 24 heavy (non-hydrogen) atoms. The van der Waals surface area contributed by atoms with Gasteiger partial charge in [-0.1, -0.05) is 42.5 Å². The minimum Gasteiger partial charge on any atom is -0.363 e. The summed E-state index contributed by atoms with van der Waals surface area (Å²) >= 11 is 0. The van der Waals surface area contributed by atoms with Crippen LogP contribution in [0, 0.1) is 0 Å². The van der Waals surface area contributed by atoms with E-state index in [0.29, 0.717) is 11.9 Å². The summed E-state index contributed by atoms with van der Waals surface area (Å²) in [6.45, 7) is 1.53. The van der Waals surface area contributed by atoms with Crippen LogP contribution in [-0.2, 0) is 13.6 Å². The molecule has 0 fully saturated rings. The molecule has 4 rings (SSSR count). The van der Waals surface area contributed by atoms with E-state index in [9.17, 15) is 4.79 Å². The highest BCUT2D eigenvalue weighted by atomic mass is 16.1. The molecule has 3 aromatic rings. The smallest absolute Gasteiger partial charge is 0.261 e. The zero-order valence-corrected chi connectivity index (χ0v) is 13.6. The van der Waals surface area contributed by atoms with E-state index in [2.05, 4.69) is 41.3 Å². The minimum atomic E-state index is 0.0110. The number of aromatic nitrogens is 2. The van der Waals surface area contributed by atoms with E-state index in [0.717, 1.165) is 24.3 Å². The van der Waals surface area contributed by atoms with Crippen LogP contribution in [0.3, 0.4) is 0 Å². The van der Waals surface area contributed by atoms with Crippen molar-refractivity contribution in [3.8, 4) is 0 Å². The number of nitrogens with zero attached hydrogens (tertiary/aromatic N) is 3. The Kier molecular flexibility index (Phi) is 3.65. The fraction of sp³-hybridized carbons (Fsp3) is 0.200. The van der Waals surface area contributed by atoms with Gasteiger partial charge in [0.25, 0.3) is 5.56 Å². The largest absolute Gasteiger partial charge is 0.363 e. The van der Waals surface area contributed by atoms with Gasteiger partial charge >= 0.3 is 0 Å². The molecule has 1 aromatic heterocycles. The molecule has 2 heterocycles. The number of benzene rings is 2. The van der Waals surface area contributed by atoms with Crippen LogP contribution in [-0.4, -0.2) is 16.1 Å². The Balaban J connectivity index is 1.78. The average Bonchev–Trinajstić information content (AvgIpc) is 2.82. The molecule has 0 unspecified atom stereocenters. The van der Waals surface area contributed by atoms with Crippen molar-refractivity contribution >= 4 is 22.7 Å². The van der Waals surface area contributed by atoms with Gasteiger partial charge in [-0.25, -0.2) is 4.98 Å². The highest BCUT2D eigenvalue weighted by molar-refractivity contribution is 5.77. The number of rotatable bonds is 2. The summed E-state index contributed by atoms with van der Waals surface area (Å²) in [6, 6.07) is 15.9. The number of anilines is 1. The van der Waals surface area contributed by atoms with Gasteiger partial charge in [0.1, 0.15) is 5.82 Å². The van der Waals surface area contributed by atoms with E-state index in [1.165, 1.54) is 11.3 Å². The van der Waals surface area contributed by atoms with E-state index >= 15 is 0 Å². The van der Waals surface area contributed by atoms with Crippen molar-refractivity contribution in [1.29, 1.82) is 0 Å². The van der Waals surface area contributed by atoms with E-state index in [1.807, 2.05) is 24.3 Å². The monoisotopic (exact) mass is 317 g/mol. The lowest BCUT2D eigenvalue weighted by Gasteiger charge is -2.25. The summed E-state index contributed by atoms with van der Waals surface area (Å²) in [5, 5.41) is 0.668. The maximum absolute atomic E-state index is 12.6. The van der Waals surface area contributed by atoms with Crippen molar-refractivity contribution in [3.63, 3.8) is 0 Å². The molecule has 1 aliphatic rings. The summed E-state index contributed by atoms with van der Waals surface area (Å²) in [6.07, 6.45) is 5.35. The van der Waals surface area contributed by atoms with Gasteiger partial charge in [-0.15, -0.1) is 0 Å². The quantitative estimate of drug-likeness (QED) is 0.727. The molecule has 2 aromatic carbocycles. The Labute approximate surface area is 140 Å². The first-order valence-corrected chi connectivity index (χ1v) is 8.19. The normalized spacial score (nSPS) is 13.8. The molecule has 0 atom stereocenters. The predicted octanol–water partition coefficient (Wildman–Crippen LogP) is 3.36. The van der Waals surface area contributed by atoms with Crippen LogP contribution in [0.1, 0.15) is 17.8 Å². The van der Waals surface area contributed by atoms with Crippen LogP contribution in [0.4, 0.5) is 5.69 Å². The third-order valence-electron chi connectivity index (χ3n) is 4.55. The van der Waals surface area contributed by atoms with Crippen molar-refractivity contribution in [2.75, 3.05) is 11.4 Å². The topological polar surface area (TPSA) is 38.1 Å². The molecule has 4 heteroatoms. The molecule has 4 nitrogen and oxygen atoms in total. The van der Waals surface area contributed by atoms with Crippen molar-refractivity contribution in [2.45, 2.75) is 13.0 Å². The molecule has 120 valence electrons. The molecule has 0 N–H and O–H groups in total. The summed E-state index contributed by atoms with van der Waals surface area (Å²) in [5.41, 5.74) is 3.17. The maximum atomic E-state index is 12.6. The number of hydrogen-bond acceptors (Lipinski definition) is 3. The molecule has 0 saturated heterocycles. The van der Waals surface area contributed by atoms with Crippen LogP contribution < -0.4 is 10.5 Å². The van der Waals surface area contributed by atoms with Gasteiger partial charge in [0.05, 0.1) is 17.4 Å². The van der Waals surface area contributed by atoms with E-state index in [4.69, 9.17) is 4.98 Å². The summed E-state index contributed by atoms with van der Waals surface area (Å²) < 4.78 is 1.67. The molecule has 0 aliphatic carbocycles. The van der Waals surface area contributed by atoms with Crippen molar-refractivity contribution < 1.29 is 0 Å². The zero-order valence-electron chi connectivity index (χ0n) is 13.6. The van der Waals surface area contributed by atoms with Crippen LogP contribution in [0.5, 0.6) is 0 Å². The van der Waals surface area contributed by atoms with Crippen molar-refractivity contribution in [2.24, 2.45) is 7.05 Å². The maximum Gasteiger partial charge on any atom is 0.261 e. The molecule has 0 radical (unpaired) electrons. The second kappa shape index (κ2) is 5.96.